The third-order valence-corrected chi connectivity index (χ3v) is 9.51. The normalized spacial score (nSPS) is 8.97. The number of hydrogen-bond donors (Lipinski definition) is 2. The zero-order valence-corrected chi connectivity index (χ0v) is 72.3. The van der Waals surface area contributed by atoms with Gasteiger partial charge in [-0.1, -0.05) is 124 Å². The molecule has 2 amide bonds. The first-order valence-corrected chi connectivity index (χ1v) is 42.7. The highest BCUT2D eigenvalue weighted by Gasteiger charge is 2.01. The molecule has 2 N–H and O–H groups in total. The fourth-order valence-electron chi connectivity index (χ4n) is 0. The quantitative estimate of drug-likeness (QED) is 0.258. The molecule has 0 aliphatic carbocycles. The Hall–Kier alpha value is -2.80. The lowest BCUT2D eigenvalue weighted by molar-refractivity contribution is -0.138. The van der Waals surface area contributed by atoms with Crippen LogP contribution in [0.3, 0.4) is 0 Å². The van der Waals surface area contributed by atoms with Gasteiger partial charge in [-0.05, 0) is 77.0 Å². The van der Waals surface area contributed by atoms with E-state index in [0.717, 1.165) is 52.4 Å². The lowest BCUT2D eigenvalue weighted by atomic mass is 10.6. The molecule has 0 unspecified atom stereocenters. The summed E-state index contributed by atoms with van der Waals surface area (Å²) in [7, 11) is 6.37. The van der Waals surface area contributed by atoms with Gasteiger partial charge >= 0.3 is 5.97 Å². The van der Waals surface area contributed by atoms with E-state index in [0.29, 0.717) is 0 Å². The molecule has 0 aliphatic heterocycles. The third kappa shape index (κ3) is 880. The molecule has 0 fully saturated rings. The van der Waals surface area contributed by atoms with Crippen molar-refractivity contribution in [2.24, 2.45) is 0 Å². The molecular weight excluding hydrogens is 1320 g/mol. The number of rotatable bonds is 5. The number of amides is 2. The molecule has 0 spiro atoms. The Morgan fingerprint density at radius 2 is 0.433 bits per heavy atom. The van der Waals surface area contributed by atoms with Gasteiger partial charge < -0.3 is 34.3 Å². The average Bonchev–Trinajstić information content (AvgIpc) is 3.33. The minimum absolute atomic E-state index is 0.00463. The number of ether oxygens (including phenoxy) is 1. The van der Waals surface area contributed by atoms with Gasteiger partial charge in [0.15, 0.2) is 0 Å². The number of carbonyl (C=O) groups excluding carboxylic acids is 5. The summed E-state index contributed by atoms with van der Waals surface area (Å²) in [4.78, 5) is 53.8. The number of hydrogen-bond acceptors (Lipinski definition) is 22. The molecule has 0 saturated heterocycles. The summed E-state index contributed by atoms with van der Waals surface area (Å²) in [6.07, 6.45) is 13.0. The summed E-state index contributed by atoms with van der Waals surface area (Å²) < 4.78 is 148. The Labute approximate surface area is 562 Å². The first kappa shape index (κ1) is 148. The van der Waals surface area contributed by atoms with E-state index in [1.165, 1.54) is 121 Å². The third-order valence-electron chi connectivity index (χ3n) is 4.02. The van der Waals surface area contributed by atoms with Gasteiger partial charge in [0.2, 0.25) is 41.9 Å². The summed E-state index contributed by atoms with van der Waals surface area (Å²) in [6.45, 7) is 42.2. The maximum atomic E-state index is 10.3. The minimum atomic E-state index is -2.91. The molecule has 0 aromatic rings. The molecule has 0 aromatic heterocycles. The van der Waals surface area contributed by atoms with Crippen LogP contribution in [0.5, 0.6) is 0 Å². The summed E-state index contributed by atoms with van der Waals surface area (Å²) in [5.74, 6) is 0.671. The van der Waals surface area contributed by atoms with Crippen molar-refractivity contribution in [3.63, 3.8) is 0 Å². The number of esters is 1. The van der Waals surface area contributed by atoms with Gasteiger partial charge in [0, 0.05) is 119 Å². The SMILES string of the molecule is CC.CC.CC.CC.CC.CC(=O)N(C)C.CC(C)=O.CC(C)=O.CCC.CCC.CCS(C)(=O)=O.CCS(C)(=O)=O.CN(C)C.CN(C)C.CN(C)S(C)(=O)=O.CN(C)S(C)(=O)=O.CNC(C)=O.CNS(C)(=O)=O.COC(C)=O.CS(C)(=O)=O.CS(C)(=O)=O. The van der Waals surface area contributed by atoms with Crippen molar-refractivity contribution in [1.82, 2.24) is 33.3 Å². The van der Waals surface area contributed by atoms with E-state index in [1.807, 2.05) is 121 Å². The largest absolute Gasteiger partial charge is 0.469 e. The van der Waals surface area contributed by atoms with Gasteiger partial charge in [-0.2, -0.15) is 0 Å². The fourth-order valence-corrected chi connectivity index (χ4v) is 0. The van der Waals surface area contributed by atoms with Gasteiger partial charge in [0.1, 0.15) is 50.9 Å². The summed E-state index contributed by atoms with van der Waals surface area (Å²) >= 11 is 0. The maximum absolute atomic E-state index is 10.3. The molecule has 0 rings (SSSR count). The van der Waals surface area contributed by atoms with Crippen LogP contribution in [0.4, 0.5) is 0 Å². The highest BCUT2D eigenvalue weighted by molar-refractivity contribution is 7.91. The molecule has 0 bridgehead atoms. The van der Waals surface area contributed by atoms with Crippen molar-refractivity contribution in [1.29, 1.82) is 0 Å². The van der Waals surface area contributed by atoms with E-state index in [9.17, 15) is 82.9 Å². The van der Waals surface area contributed by atoms with E-state index < -0.39 is 69.4 Å². The lowest BCUT2D eigenvalue weighted by Gasteiger charge is -2.02. The van der Waals surface area contributed by atoms with Crippen LogP contribution in [0.25, 0.3) is 0 Å². The number of nitrogens with one attached hydrogen (secondary N) is 2. The smallest absolute Gasteiger partial charge is 0.302 e. The van der Waals surface area contributed by atoms with Crippen LogP contribution in [-0.2, 0) is 98.1 Å². The van der Waals surface area contributed by atoms with Crippen LogP contribution in [0, 0.1) is 0 Å². The topological polar surface area (TPSA) is 374 Å². The second kappa shape index (κ2) is 108. The molecule has 34 heteroatoms. The Bertz CT molecular complexity index is 2010. The average molecular weight is 1470 g/mol. The van der Waals surface area contributed by atoms with Crippen LogP contribution < -0.4 is 10.0 Å². The number of Topliss-reactive ketones (excluding diaryl/α,β-unsaturated/α-hetero) is 2. The summed E-state index contributed by atoms with van der Waals surface area (Å²) in [5.41, 5.74) is 0. The number of nitrogens with zero attached hydrogens (tertiary/aromatic N) is 5. The van der Waals surface area contributed by atoms with Crippen molar-refractivity contribution in [3.8, 4) is 0 Å². The van der Waals surface area contributed by atoms with Crippen molar-refractivity contribution in [2.75, 3.05) is 174 Å². The zero-order chi connectivity index (χ0) is 80.2. The first-order valence-electron chi connectivity index (χ1n) is 28.4. The molecule has 0 heterocycles. The molecule has 27 nitrogen and oxygen atoms in total. The predicted octanol–water partition coefficient (Wildman–Crippen LogP) is 7.14. The standard InChI is InChI=1S/C4H9NO.2C3H9NO2S.C3H7NO.2C3H9N.2C3H8O2S.C3H6O2.2C3H6O.2C3H8.C2H7NO2S.2C2H6O2S.5C2H6/c1-4(6)5(2)3;2*1-4(2)7(3,5)6;1-3(5)4-2;2*1-4(2)3;2*1-3-6(2,4)5;1-3(4)5-2;2*1-3(2)4;2*1-3-2;1-3-6(2,4)5;2*1-5(2,3)4;5*1-2/h1-3H3;2*1-3H3;1-2H3,(H,4,5);2*1-3H3;2*3H2,1-2H3;1-2H3;2*1-2H3;2*3H2,1-2H3;3H,1-2H3;2*1-2H3;5*1-2H3. The molecule has 572 valence electrons. The maximum Gasteiger partial charge on any atom is 0.302 e. The Morgan fingerprint density at radius 3 is 0.433 bits per heavy atom. The van der Waals surface area contributed by atoms with Crippen molar-refractivity contribution in [2.45, 2.75) is 172 Å². The monoisotopic (exact) mass is 1470 g/mol. The molecule has 0 saturated carbocycles. The van der Waals surface area contributed by atoms with Gasteiger partial charge in [-0.25, -0.2) is 72.3 Å². The molecule has 90 heavy (non-hydrogen) atoms. The highest BCUT2D eigenvalue weighted by atomic mass is 32.2. The van der Waals surface area contributed by atoms with Crippen molar-refractivity contribution < 1.29 is 87.6 Å². The summed E-state index contributed by atoms with van der Waals surface area (Å²) in [6, 6.07) is 0. The van der Waals surface area contributed by atoms with E-state index in [4.69, 9.17) is 0 Å². The van der Waals surface area contributed by atoms with Crippen molar-refractivity contribution in [3.05, 3.63) is 0 Å². The molecule has 0 aromatic carbocycles. The van der Waals surface area contributed by atoms with Gasteiger partial charge in [0.05, 0.1) is 25.9 Å². The van der Waals surface area contributed by atoms with Crippen LogP contribution >= 0.6 is 0 Å². The van der Waals surface area contributed by atoms with Crippen LogP contribution in [0.2, 0.25) is 0 Å². The van der Waals surface area contributed by atoms with Crippen molar-refractivity contribution >= 4 is 98.8 Å². The Balaban J connectivity index is -0.0000000295. The Morgan fingerprint density at radius 1 is 0.367 bits per heavy atom. The molecule has 0 radical (unpaired) electrons. The zero-order valence-electron chi connectivity index (χ0n) is 66.6. The van der Waals surface area contributed by atoms with Gasteiger partial charge in [-0.15, -0.1) is 0 Å². The second-order valence-corrected chi connectivity index (χ2v) is 33.4. The van der Waals surface area contributed by atoms with Crippen LogP contribution in [-0.4, -0.2) is 285 Å². The van der Waals surface area contributed by atoms with Gasteiger partial charge in [0.25, 0.3) is 0 Å². The lowest BCUT2D eigenvalue weighted by Crippen LogP contribution is -2.19. The number of methoxy groups -OCH3 is 1. The molecular formula is C56H151N7O20S7. The highest BCUT2D eigenvalue weighted by Crippen LogP contribution is 1.84. The first-order chi connectivity index (χ1) is 39.5. The van der Waals surface area contributed by atoms with Crippen LogP contribution in [0.1, 0.15) is 172 Å². The minimum Gasteiger partial charge on any atom is -0.469 e. The number of sulfone groups is 4. The van der Waals surface area contributed by atoms with Crippen LogP contribution in [0.15, 0.2) is 0 Å². The number of ketones is 2. The predicted molar refractivity (Wildman–Crippen MR) is 396 cm³/mol. The van der Waals surface area contributed by atoms with E-state index in [-0.39, 0.29) is 40.9 Å². The van der Waals surface area contributed by atoms with E-state index in [1.54, 1.807) is 35.0 Å². The second-order valence-electron chi connectivity index (χ2n) is 17.6. The number of sulfonamides is 3. The number of carbonyl (C=O) groups is 5. The van der Waals surface area contributed by atoms with E-state index in [2.05, 4.69) is 42.5 Å². The molecule has 0 atom stereocenters. The van der Waals surface area contributed by atoms with Gasteiger partial charge in [-0.3, -0.25) is 14.4 Å². The van der Waals surface area contributed by atoms with E-state index >= 15 is 0 Å². The summed E-state index contributed by atoms with van der Waals surface area (Å²) in [5, 5.41) is 2.39. The Kier molecular flexibility index (Phi) is 177. The molecule has 0 aliphatic rings. The fraction of sp³-hybridized carbons (Fsp3) is 0.911.